The molecule has 1 N–H and O–H groups in total. The molecule has 2 saturated heterocycles. The molecule has 4 unspecified atom stereocenters. The summed E-state index contributed by atoms with van der Waals surface area (Å²) in [5.41, 5.74) is 0. The average molecular weight is 269 g/mol. The first kappa shape index (κ1) is 14.8. The van der Waals surface area contributed by atoms with Crippen molar-refractivity contribution in [3.05, 3.63) is 0 Å². The first-order chi connectivity index (χ1) is 9.06. The van der Waals surface area contributed by atoms with Gasteiger partial charge in [-0.3, -0.25) is 4.79 Å². The van der Waals surface area contributed by atoms with E-state index in [2.05, 4.69) is 6.92 Å². The molecule has 2 fully saturated rings. The summed E-state index contributed by atoms with van der Waals surface area (Å²) in [4.78, 5) is 14.1. The van der Waals surface area contributed by atoms with Crippen LogP contribution in [0, 0.1) is 5.92 Å². The molecule has 110 valence electrons. The number of nitrogens with zero attached hydrogens (tertiary/aromatic N) is 1. The minimum absolute atomic E-state index is 0.230. The van der Waals surface area contributed by atoms with E-state index in [0.717, 1.165) is 45.2 Å². The molecule has 2 aliphatic rings. The van der Waals surface area contributed by atoms with Crippen LogP contribution in [0.3, 0.4) is 0 Å². The van der Waals surface area contributed by atoms with Crippen molar-refractivity contribution < 1.29 is 14.6 Å². The number of likely N-dealkylation sites (tertiary alicyclic amines) is 1. The van der Waals surface area contributed by atoms with Gasteiger partial charge in [-0.25, -0.2) is 0 Å². The van der Waals surface area contributed by atoms with E-state index in [0.29, 0.717) is 12.5 Å². The zero-order chi connectivity index (χ0) is 13.8. The van der Waals surface area contributed by atoms with Gasteiger partial charge in [0.1, 0.15) is 0 Å². The molecule has 2 rings (SSSR count). The van der Waals surface area contributed by atoms with E-state index >= 15 is 0 Å². The van der Waals surface area contributed by atoms with E-state index in [9.17, 15) is 9.90 Å². The van der Waals surface area contributed by atoms with Crippen LogP contribution in [0.25, 0.3) is 0 Å². The first-order valence-electron chi connectivity index (χ1n) is 7.67. The SMILES string of the molecule is CC1CCC(CCC(=O)N2CCCC(C(C)O)C2)O1. The summed E-state index contributed by atoms with van der Waals surface area (Å²) in [6.07, 6.45) is 6.00. The molecule has 0 spiro atoms. The van der Waals surface area contributed by atoms with E-state index in [1.54, 1.807) is 0 Å². The van der Waals surface area contributed by atoms with Crippen LogP contribution in [0.4, 0.5) is 0 Å². The Morgan fingerprint density at radius 3 is 2.84 bits per heavy atom. The van der Waals surface area contributed by atoms with Gasteiger partial charge in [0.15, 0.2) is 0 Å². The lowest BCUT2D eigenvalue weighted by Gasteiger charge is -2.34. The molecule has 4 nitrogen and oxygen atoms in total. The van der Waals surface area contributed by atoms with E-state index < -0.39 is 0 Å². The van der Waals surface area contributed by atoms with E-state index in [-0.39, 0.29) is 24.0 Å². The monoisotopic (exact) mass is 269 g/mol. The van der Waals surface area contributed by atoms with Crippen molar-refractivity contribution in [1.82, 2.24) is 4.90 Å². The second kappa shape index (κ2) is 6.71. The lowest BCUT2D eigenvalue weighted by molar-refractivity contribution is -0.134. The van der Waals surface area contributed by atoms with Crippen molar-refractivity contribution in [2.24, 2.45) is 5.92 Å². The molecule has 4 heteroatoms. The zero-order valence-corrected chi connectivity index (χ0v) is 12.2. The van der Waals surface area contributed by atoms with Crippen molar-refractivity contribution in [3.8, 4) is 0 Å². The fourth-order valence-electron chi connectivity index (χ4n) is 3.17. The zero-order valence-electron chi connectivity index (χ0n) is 12.2. The highest BCUT2D eigenvalue weighted by Crippen LogP contribution is 2.24. The Kier molecular flexibility index (Phi) is 5.22. The molecule has 1 amide bonds. The third-order valence-corrected chi connectivity index (χ3v) is 4.49. The maximum Gasteiger partial charge on any atom is 0.222 e. The molecule has 4 atom stereocenters. The van der Waals surface area contributed by atoms with Gasteiger partial charge < -0.3 is 14.7 Å². The standard InChI is InChI=1S/C15H27NO3/c1-11-5-6-14(19-11)7-8-15(18)16-9-3-4-13(10-16)12(2)17/h11-14,17H,3-10H2,1-2H3. The Bertz CT molecular complexity index is 306. The quantitative estimate of drug-likeness (QED) is 0.848. The summed E-state index contributed by atoms with van der Waals surface area (Å²) >= 11 is 0. The number of rotatable bonds is 4. The number of hydrogen-bond donors (Lipinski definition) is 1. The lowest BCUT2D eigenvalue weighted by Crippen LogP contribution is -2.43. The van der Waals surface area contributed by atoms with Gasteiger partial charge in [0.05, 0.1) is 18.3 Å². The fourth-order valence-corrected chi connectivity index (χ4v) is 3.17. The number of hydrogen-bond acceptors (Lipinski definition) is 3. The highest BCUT2D eigenvalue weighted by molar-refractivity contribution is 5.76. The summed E-state index contributed by atoms with van der Waals surface area (Å²) < 4.78 is 5.75. The van der Waals surface area contributed by atoms with Crippen LogP contribution in [0.2, 0.25) is 0 Å². The predicted octanol–water partition coefficient (Wildman–Crippen LogP) is 1.95. The van der Waals surface area contributed by atoms with E-state index in [4.69, 9.17) is 4.74 Å². The first-order valence-corrected chi connectivity index (χ1v) is 7.67. The molecule has 0 radical (unpaired) electrons. The largest absolute Gasteiger partial charge is 0.393 e. The van der Waals surface area contributed by atoms with Gasteiger partial charge in [-0.05, 0) is 46.0 Å². The molecule has 0 bridgehead atoms. The molecule has 0 aromatic rings. The molecule has 2 aliphatic heterocycles. The maximum absolute atomic E-state index is 12.2. The molecule has 2 heterocycles. The molecule has 0 saturated carbocycles. The van der Waals surface area contributed by atoms with Gasteiger partial charge in [0.25, 0.3) is 0 Å². The van der Waals surface area contributed by atoms with Crippen molar-refractivity contribution in [3.63, 3.8) is 0 Å². The highest BCUT2D eigenvalue weighted by Gasteiger charge is 2.28. The molecule has 19 heavy (non-hydrogen) atoms. The van der Waals surface area contributed by atoms with Gasteiger partial charge in [-0.2, -0.15) is 0 Å². The van der Waals surface area contributed by atoms with Crippen molar-refractivity contribution in [2.45, 2.75) is 70.7 Å². The molecule has 0 aromatic carbocycles. The number of amides is 1. The summed E-state index contributed by atoms with van der Waals surface area (Å²) in [6.45, 7) is 5.49. The van der Waals surface area contributed by atoms with Crippen LogP contribution in [-0.2, 0) is 9.53 Å². The van der Waals surface area contributed by atoms with Crippen LogP contribution in [-0.4, -0.2) is 47.3 Å². The van der Waals surface area contributed by atoms with Gasteiger partial charge in [0.2, 0.25) is 5.91 Å². The highest BCUT2D eigenvalue weighted by atomic mass is 16.5. The van der Waals surface area contributed by atoms with Gasteiger partial charge in [-0.1, -0.05) is 0 Å². The van der Waals surface area contributed by atoms with E-state index in [1.165, 1.54) is 0 Å². The summed E-state index contributed by atoms with van der Waals surface area (Å²) in [5.74, 6) is 0.481. The molecule has 0 aliphatic carbocycles. The topological polar surface area (TPSA) is 49.8 Å². The van der Waals surface area contributed by atoms with Crippen LogP contribution in [0.1, 0.15) is 52.4 Å². The van der Waals surface area contributed by atoms with Crippen molar-refractivity contribution in [1.29, 1.82) is 0 Å². The Hall–Kier alpha value is -0.610. The second-order valence-corrected chi connectivity index (χ2v) is 6.17. The van der Waals surface area contributed by atoms with Crippen LogP contribution in [0.5, 0.6) is 0 Å². The average Bonchev–Trinajstić information content (AvgIpc) is 2.82. The minimum atomic E-state index is -0.311. The minimum Gasteiger partial charge on any atom is -0.393 e. The van der Waals surface area contributed by atoms with E-state index in [1.807, 2.05) is 11.8 Å². The van der Waals surface area contributed by atoms with Crippen LogP contribution < -0.4 is 0 Å². The Balaban J connectivity index is 1.73. The number of ether oxygens (including phenoxy) is 1. The number of aliphatic hydroxyl groups is 1. The van der Waals surface area contributed by atoms with Gasteiger partial charge in [0, 0.05) is 25.4 Å². The second-order valence-electron chi connectivity index (χ2n) is 6.17. The van der Waals surface area contributed by atoms with Gasteiger partial charge in [-0.15, -0.1) is 0 Å². The number of piperidine rings is 1. The smallest absolute Gasteiger partial charge is 0.222 e. The van der Waals surface area contributed by atoms with Crippen molar-refractivity contribution >= 4 is 5.91 Å². The Labute approximate surface area is 116 Å². The third-order valence-electron chi connectivity index (χ3n) is 4.49. The van der Waals surface area contributed by atoms with Crippen LogP contribution in [0.15, 0.2) is 0 Å². The van der Waals surface area contributed by atoms with Crippen LogP contribution >= 0.6 is 0 Å². The molecular weight excluding hydrogens is 242 g/mol. The molecular formula is C15H27NO3. The summed E-state index contributed by atoms with van der Waals surface area (Å²) in [5, 5.41) is 9.65. The third kappa shape index (κ3) is 4.18. The maximum atomic E-state index is 12.2. The summed E-state index contributed by atoms with van der Waals surface area (Å²) in [7, 11) is 0. The summed E-state index contributed by atoms with van der Waals surface area (Å²) in [6, 6.07) is 0. The molecule has 0 aromatic heterocycles. The number of carbonyl (C=O) groups is 1. The lowest BCUT2D eigenvalue weighted by atomic mass is 9.93. The van der Waals surface area contributed by atoms with Crippen molar-refractivity contribution in [2.75, 3.05) is 13.1 Å². The fraction of sp³-hybridized carbons (Fsp3) is 0.933. The Morgan fingerprint density at radius 1 is 1.42 bits per heavy atom. The predicted molar refractivity (Wildman–Crippen MR) is 73.8 cm³/mol. The Morgan fingerprint density at radius 2 is 2.21 bits per heavy atom. The number of carbonyl (C=O) groups excluding carboxylic acids is 1. The number of aliphatic hydroxyl groups excluding tert-OH is 1. The van der Waals surface area contributed by atoms with Gasteiger partial charge >= 0.3 is 0 Å². The normalized spacial score (nSPS) is 33.4.